The van der Waals surface area contributed by atoms with Gasteiger partial charge in [-0.25, -0.2) is 4.79 Å². The predicted octanol–water partition coefficient (Wildman–Crippen LogP) is 5.00. The van der Waals surface area contributed by atoms with E-state index in [1.165, 1.54) is 4.31 Å². The molecule has 1 saturated heterocycles. The van der Waals surface area contributed by atoms with Crippen LogP contribution in [-0.4, -0.2) is 49.0 Å². The number of rotatable bonds is 6. The number of carbonyl (C=O) groups is 1. The molecule has 0 radical (unpaired) electrons. The zero-order valence-corrected chi connectivity index (χ0v) is 22.1. The summed E-state index contributed by atoms with van der Waals surface area (Å²) in [5.74, 6) is -1.06. The first-order valence-corrected chi connectivity index (χ1v) is 13.7. The van der Waals surface area contributed by atoms with Crippen molar-refractivity contribution in [3.63, 3.8) is 0 Å². The largest absolute Gasteiger partial charge is 0.479 e. The van der Waals surface area contributed by atoms with E-state index in [1.807, 2.05) is 65.0 Å². The van der Waals surface area contributed by atoms with Gasteiger partial charge in [0.1, 0.15) is 0 Å². The average Bonchev–Trinajstić information content (AvgIpc) is 3.21. The molecule has 2 aliphatic heterocycles. The maximum atomic E-state index is 13.6. The number of hydrogen-bond acceptors (Lipinski definition) is 4. The molecule has 1 N–H and O–H groups in total. The standard InChI is InChI=1S/C27H36N2O5S/c1-18-9-11-20(12-10-18)24-21-13-16-29(35(32,33)28-14-7-6-8-15-28)22(21)17-19(2)23(24)25(26(30)31)34-27(3,4)5/h9-12,17,25H,6-8,13-16H2,1-5H3,(H,30,31). The van der Waals surface area contributed by atoms with Crippen LogP contribution in [0.3, 0.4) is 0 Å². The van der Waals surface area contributed by atoms with Crippen LogP contribution in [0.5, 0.6) is 0 Å². The van der Waals surface area contributed by atoms with Gasteiger partial charge in [-0.15, -0.1) is 0 Å². The minimum Gasteiger partial charge on any atom is -0.479 e. The summed E-state index contributed by atoms with van der Waals surface area (Å²) in [4.78, 5) is 12.5. The van der Waals surface area contributed by atoms with E-state index < -0.39 is 27.9 Å². The third-order valence-corrected chi connectivity index (χ3v) is 8.66. The summed E-state index contributed by atoms with van der Waals surface area (Å²) in [5, 5.41) is 10.2. The quantitative estimate of drug-likeness (QED) is 0.603. The number of anilines is 1. The molecule has 2 heterocycles. The predicted molar refractivity (Wildman–Crippen MR) is 138 cm³/mol. The number of hydrogen-bond donors (Lipinski definition) is 1. The molecule has 0 aliphatic carbocycles. The van der Waals surface area contributed by atoms with Crippen LogP contribution in [0.1, 0.15) is 68.4 Å². The third-order valence-electron chi connectivity index (χ3n) is 6.71. The van der Waals surface area contributed by atoms with Gasteiger partial charge in [0.2, 0.25) is 0 Å². The van der Waals surface area contributed by atoms with Crippen molar-refractivity contribution >= 4 is 21.9 Å². The molecule has 0 bridgehead atoms. The fourth-order valence-electron chi connectivity index (χ4n) is 5.12. The van der Waals surface area contributed by atoms with Crippen LogP contribution in [0.15, 0.2) is 30.3 Å². The zero-order chi connectivity index (χ0) is 25.5. The molecule has 2 aliphatic rings. The Hall–Kier alpha value is -2.42. The Balaban J connectivity index is 1.92. The second-order valence-corrected chi connectivity index (χ2v) is 12.4. The summed E-state index contributed by atoms with van der Waals surface area (Å²) in [6, 6.07) is 9.77. The lowest BCUT2D eigenvalue weighted by Crippen LogP contribution is -2.45. The van der Waals surface area contributed by atoms with Crippen molar-refractivity contribution in [3.8, 4) is 11.1 Å². The van der Waals surface area contributed by atoms with Crippen molar-refractivity contribution in [2.24, 2.45) is 0 Å². The molecule has 1 atom stereocenters. The van der Waals surface area contributed by atoms with E-state index >= 15 is 0 Å². The fraction of sp³-hybridized carbons (Fsp3) is 0.519. The Bertz CT molecular complexity index is 1210. The SMILES string of the molecule is Cc1ccc(-c2c3c(cc(C)c2C(OC(C)(C)C)C(=O)O)N(S(=O)(=O)N2CCCCC2)CC3)cc1. The first kappa shape index (κ1) is 25.7. The van der Waals surface area contributed by atoms with Crippen molar-refractivity contribution in [1.29, 1.82) is 0 Å². The van der Waals surface area contributed by atoms with Crippen LogP contribution in [-0.2, 0) is 26.2 Å². The number of aliphatic carboxylic acids is 1. The van der Waals surface area contributed by atoms with Gasteiger partial charge in [-0.2, -0.15) is 12.7 Å². The number of fused-ring (bicyclic) bond motifs is 1. The van der Waals surface area contributed by atoms with Gasteiger partial charge >= 0.3 is 16.2 Å². The van der Waals surface area contributed by atoms with E-state index in [0.717, 1.165) is 41.5 Å². The van der Waals surface area contributed by atoms with Gasteiger partial charge in [0.25, 0.3) is 0 Å². The molecule has 4 rings (SSSR count). The monoisotopic (exact) mass is 500 g/mol. The molecule has 1 unspecified atom stereocenters. The normalized spacial score (nSPS) is 17.9. The Labute approximate surface area is 208 Å². The molecule has 35 heavy (non-hydrogen) atoms. The Morgan fingerprint density at radius 1 is 1.03 bits per heavy atom. The first-order valence-electron chi connectivity index (χ1n) is 12.3. The number of nitrogens with zero attached hydrogens (tertiary/aromatic N) is 2. The van der Waals surface area contributed by atoms with E-state index in [-0.39, 0.29) is 0 Å². The van der Waals surface area contributed by atoms with Gasteiger partial charge in [0.05, 0.1) is 11.3 Å². The molecular formula is C27H36N2O5S. The second-order valence-electron chi connectivity index (χ2n) is 10.6. The van der Waals surface area contributed by atoms with Crippen molar-refractivity contribution in [3.05, 3.63) is 52.6 Å². The lowest BCUT2D eigenvalue weighted by atomic mass is 9.86. The number of ether oxygens (including phenoxy) is 1. The number of carboxylic acid groups (broad SMARTS) is 1. The van der Waals surface area contributed by atoms with E-state index in [0.29, 0.717) is 42.9 Å². The van der Waals surface area contributed by atoms with Crippen LogP contribution in [0, 0.1) is 13.8 Å². The molecule has 0 spiro atoms. The summed E-state index contributed by atoms with van der Waals surface area (Å²) in [5.41, 5.74) is 4.85. The molecule has 2 aromatic rings. The minimum atomic E-state index is -3.66. The molecule has 8 heteroatoms. The van der Waals surface area contributed by atoms with Crippen LogP contribution < -0.4 is 4.31 Å². The minimum absolute atomic E-state index is 0.341. The van der Waals surface area contributed by atoms with Gasteiger partial charge in [-0.05, 0) is 82.2 Å². The highest BCUT2D eigenvalue weighted by Crippen LogP contribution is 2.45. The summed E-state index contributed by atoms with van der Waals surface area (Å²) >= 11 is 0. The van der Waals surface area contributed by atoms with E-state index in [2.05, 4.69) is 0 Å². The number of benzene rings is 2. The number of piperidine rings is 1. The highest BCUT2D eigenvalue weighted by Gasteiger charge is 2.39. The Morgan fingerprint density at radius 2 is 1.66 bits per heavy atom. The summed E-state index contributed by atoms with van der Waals surface area (Å²) < 4.78 is 36.4. The highest BCUT2D eigenvalue weighted by molar-refractivity contribution is 7.90. The van der Waals surface area contributed by atoms with Crippen molar-refractivity contribution in [2.75, 3.05) is 23.9 Å². The fourth-order valence-corrected chi connectivity index (χ4v) is 6.85. The maximum Gasteiger partial charge on any atom is 0.337 e. The highest BCUT2D eigenvalue weighted by atomic mass is 32.2. The molecule has 0 saturated carbocycles. The first-order chi connectivity index (χ1) is 16.4. The number of aryl methyl sites for hydroxylation is 2. The Morgan fingerprint density at radius 3 is 2.23 bits per heavy atom. The Kier molecular flexibility index (Phi) is 7.01. The van der Waals surface area contributed by atoms with Gasteiger partial charge < -0.3 is 9.84 Å². The van der Waals surface area contributed by atoms with Crippen molar-refractivity contribution in [1.82, 2.24) is 4.31 Å². The van der Waals surface area contributed by atoms with Crippen LogP contribution in [0.25, 0.3) is 11.1 Å². The summed E-state index contributed by atoms with van der Waals surface area (Å²) in [6.07, 6.45) is 2.13. The lowest BCUT2D eigenvalue weighted by molar-refractivity contribution is -0.160. The van der Waals surface area contributed by atoms with E-state index in [4.69, 9.17) is 4.74 Å². The smallest absolute Gasteiger partial charge is 0.337 e. The maximum absolute atomic E-state index is 13.6. The zero-order valence-electron chi connectivity index (χ0n) is 21.3. The van der Waals surface area contributed by atoms with Gasteiger partial charge in [-0.3, -0.25) is 4.31 Å². The lowest BCUT2D eigenvalue weighted by Gasteiger charge is -2.32. The van der Waals surface area contributed by atoms with Crippen LogP contribution in [0.4, 0.5) is 5.69 Å². The second kappa shape index (κ2) is 9.56. The number of carboxylic acids is 1. The van der Waals surface area contributed by atoms with Crippen molar-refractivity contribution < 1.29 is 23.1 Å². The molecule has 190 valence electrons. The summed E-state index contributed by atoms with van der Waals surface area (Å²) in [7, 11) is -3.66. The molecular weight excluding hydrogens is 464 g/mol. The molecule has 7 nitrogen and oxygen atoms in total. The topological polar surface area (TPSA) is 87.1 Å². The average molecular weight is 501 g/mol. The molecule has 0 amide bonds. The van der Waals surface area contributed by atoms with Gasteiger partial charge in [-0.1, -0.05) is 36.2 Å². The summed E-state index contributed by atoms with van der Waals surface area (Å²) in [6.45, 7) is 10.8. The van der Waals surface area contributed by atoms with E-state index in [1.54, 1.807) is 4.31 Å². The van der Waals surface area contributed by atoms with Crippen molar-refractivity contribution in [2.45, 2.75) is 72.0 Å². The van der Waals surface area contributed by atoms with E-state index in [9.17, 15) is 18.3 Å². The molecule has 2 aromatic carbocycles. The molecule has 1 fully saturated rings. The van der Waals surface area contributed by atoms with Gasteiger partial charge in [0.15, 0.2) is 6.10 Å². The van der Waals surface area contributed by atoms with Crippen LogP contribution >= 0.6 is 0 Å². The van der Waals surface area contributed by atoms with Gasteiger partial charge in [0, 0.05) is 25.2 Å². The van der Waals surface area contributed by atoms with Crippen LogP contribution in [0.2, 0.25) is 0 Å². The third kappa shape index (κ3) is 5.10. The molecule has 0 aromatic heterocycles.